The van der Waals surface area contributed by atoms with Crippen LogP contribution in [-0.4, -0.2) is 34.3 Å². The second-order valence-electron chi connectivity index (χ2n) is 8.25. The lowest BCUT2D eigenvalue weighted by atomic mass is 10.0. The zero-order chi connectivity index (χ0) is 22.2. The predicted octanol–water partition coefficient (Wildman–Crippen LogP) is 4.56. The first kappa shape index (κ1) is 22.2. The molecule has 32 heavy (non-hydrogen) atoms. The van der Waals surface area contributed by atoms with Crippen molar-refractivity contribution >= 4 is 23.2 Å². The van der Waals surface area contributed by atoms with E-state index in [0.29, 0.717) is 19.4 Å². The summed E-state index contributed by atoms with van der Waals surface area (Å²) in [5.41, 5.74) is 1.94. The molecule has 1 aliphatic carbocycles. The average molecular weight is 448 g/mol. The Bertz CT molecular complexity index is 986. The van der Waals surface area contributed by atoms with Crippen molar-refractivity contribution in [3.8, 4) is 0 Å². The van der Waals surface area contributed by atoms with E-state index < -0.39 is 6.04 Å². The first-order valence-electron chi connectivity index (χ1n) is 11.3. The summed E-state index contributed by atoms with van der Waals surface area (Å²) in [6.45, 7) is 0.472. The molecule has 2 amide bonds. The molecule has 2 aromatic heterocycles. The summed E-state index contributed by atoms with van der Waals surface area (Å²) in [7, 11) is 0. The Labute approximate surface area is 193 Å². The number of hydrogen-bond acceptors (Lipinski definition) is 4. The average Bonchev–Trinajstić information content (AvgIpc) is 3.52. The number of benzene rings is 1. The SMILES string of the molecule is O=C(NC1CCCC1)C(c1ccncc1)N(CCc1ccccc1)C(=O)Cc1cccs1. The van der Waals surface area contributed by atoms with E-state index in [2.05, 4.69) is 22.4 Å². The fourth-order valence-corrected chi connectivity index (χ4v) is 5.02. The van der Waals surface area contributed by atoms with Gasteiger partial charge < -0.3 is 10.2 Å². The van der Waals surface area contributed by atoms with Crippen LogP contribution in [0.3, 0.4) is 0 Å². The van der Waals surface area contributed by atoms with Crippen LogP contribution in [0.25, 0.3) is 0 Å². The molecule has 0 bridgehead atoms. The Kier molecular flexibility index (Phi) is 7.67. The van der Waals surface area contributed by atoms with E-state index in [1.54, 1.807) is 28.6 Å². The molecule has 1 fully saturated rings. The highest BCUT2D eigenvalue weighted by Gasteiger charge is 2.33. The fourth-order valence-electron chi connectivity index (χ4n) is 4.32. The molecule has 1 unspecified atom stereocenters. The van der Waals surface area contributed by atoms with Crippen LogP contribution < -0.4 is 5.32 Å². The number of nitrogens with one attached hydrogen (secondary N) is 1. The van der Waals surface area contributed by atoms with E-state index in [4.69, 9.17) is 0 Å². The van der Waals surface area contributed by atoms with Crippen LogP contribution in [-0.2, 0) is 22.4 Å². The molecule has 6 heteroatoms. The molecule has 1 aromatic carbocycles. The van der Waals surface area contributed by atoms with Gasteiger partial charge in [0, 0.05) is 29.9 Å². The van der Waals surface area contributed by atoms with Crippen molar-refractivity contribution in [3.63, 3.8) is 0 Å². The van der Waals surface area contributed by atoms with E-state index in [-0.39, 0.29) is 17.9 Å². The lowest BCUT2D eigenvalue weighted by Crippen LogP contribution is -2.47. The molecule has 1 saturated carbocycles. The fraction of sp³-hybridized carbons (Fsp3) is 0.346. The summed E-state index contributed by atoms with van der Waals surface area (Å²) < 4.78 is 0. The van der Waals surface area contributed by atoms with Crippen LogP contribution in [0.1, 0.15) is 47.7 Å². The third-order valence-corrected chi connectivity index (χ3v) is 6.87. The summed E-state index contributed by atoms with van der Waals surface area (Å²) in [6.07, 6.45) is 8.64. The number of hydrogen-bond donors (Lipinski definition) is 1. The van der Waals surface area contributed by atoms with Crippen molar-refractivity contribution in [2.45, 2.75) is 50.6 Å². The van der Waals surface area contributed by atoms with Gasteiger partial charge in [-0.25, -0.2) is 0 Å². The minimum atomic E-state index is -0.672. The van der Waals surface area contributed by atoms with Crippen molar-refractivity contribution in [2.75, 3.05) is 6.54 Å². The van der Waals surface area contributed by atoms with Crippen LogP contribution >= 0.6 is 11.3 Å². The monoisotopic (exact) mass is 447 g/mol. The first-order chi connectivity index (χ1) is 15.7. The lowest BCUT2D eigenvalue weighted by Gasteiger charge is -2.32. The van der Waals surface area contributed by atoms with E-state index in [1.807, 2.05) is 47.8 Å². The summed E-state index contributed by atoms with van der Waals surface area (Å²) >= 11 is 1.57. The second-order valence-corrected chi connectivity index (χ2v) is 9.28. The second kappa shape index (κ2) is 11.0. The molecule has 1 atom stereocenters. The lowest BCUT2D eigenvalue weighted by molar-refractivity contribution is -0.140. The topological polar surface area (TPSA) is 62.3 Å². The van der Waals surface area contributed by atoms with Gasteiger partial charge in [0.1, 0.15) is 6.04 Å². The van der Waals surface area contributed by atoms with E-state index in [0.717, 1.165) is 41.7 Å². The number of carbonyl (C=O) groups is 2. The molecule has 166 valence electrons. The number of pyridine rings is 1. The normalized spacial score (nSPS) is 14.8. The Morgan fingerprint density at radius 1 is 1.03 bits per heavy atom. The molecule has 0 radical (unpaired) electrons. The minimum absolute atomic E-state index is 0.0354. The van der Waals surface area contributed by atoms with Gasteiger partial charge in [0.2, 0.25) is 11.8 Å². The van der Waals surface area contributed by atoms with Gasteiger partial charge in [-0.1, -0.05) is 49.2 Å². The van der Waals surface area contributed by atoms with Crippen LogP contribution in [0.4, 0.5) is 0 Å². The molecular formula is C26H29N3O2S. The van der Waals surface area contributed by atoms with Crippen molar-refractivity contribution in [1.29, 1.82) is 0 Å². The molecule has 0 aliphatic heterocycles. The number of amides is 2. The number of nitrogens with zero attached hydrogens (tertiary/aromatic N) is 2. The first-order valence-corrected chi connectivity index (χ1v) is 12.1. The van der Waals surface area contributed by atoms with Crippen LogP contribution in [0.5, 0.6) is 0 Å². The Morgan fingerprint density at radius 2 is 1.78 bits per heavy atom. The maximum absolute atomic E-state index is 13.5. The number of thiophene rings is 1. The predicted molar refractivity (Wildman–Crippen MR) is 127 cm³/mol. The Morgan fingerprint density at radius 3 is 2.47 bits per heavy atom. The third-order valence-electron chi connectivity index (χ3n) is 5.99. The Balaban J connectivity index is 1.62. The highest BCUT2D eigenvalue weighted by Crippen LogP contribution is 2.25. The smallest absolute Gasteiger partial charge is 0.247 e. The summed E-state index contributed by atoms with van der Waals surface area (Å²) in [5, 5.41) is 5.20. The zero-order valence-corrected chi connectivity index (χ0v) is 19.0. The molecule has 2 heterocycles. The molecule has 0 spiro atoms. The van der Waals surface area contributed by atoms with Gasteiger partial charge in [-0.2, -0.15) is 0 Å². The molecule has 1 aliphatic rings. The molecule has 5 nitrogen and oxygen atoms in total. The van der Waals surface area contributed by atoms with Gasteiger partial charge in [0.15, 0.2) is 0 Å². The summed E-state index contributed by atoms with van der Waals surface area (Å²) in [5.74, 6) is -0.137. The molecule has 0 saturated heterocycles. The van der Waals surface area contributed by atoms with E-state index >= 15 is 0 Å². The summed E-state index contributed by atoms with van der Waals surface area (Å²) in [6, 6.07) is 17.2. The van der Waals surface area contributed by atoms with Gasteiger partial charge in [-0.05, 0) is 54.0 Å². The third kappa shape index (κ3) is 5.82. The number of aromatic nitrogens is 1. The van der Waals surface area contributed by atoms with Crippen LogP contribution in [0, 0.1) is 0 Å². The largest absolute Gasteiger partial charge is 0.351 e. The van der Waals surface area contributed by atoms with E-state index in [9.17, 15) is 9.59 Å². The molecule has 3 aromatic rings. The van der Waals surface area contributed by atoms with Crippen molar-refractivity contribution in [2.24, 2.45) is 0 Å². The number of carbonyl (C=O) groups excluding carboxylic acids is 2. The van der Waals surface area contributed by atoms with Gasteiger partial charge in [-0.3, -0.25) is 14.6 Å². The standard InChI is InChI=1S/C26H29N3O2S/c30-24(19-23-11-6-18-32-23)29(17-14-20-7-2-1-3-8-20)25(21-12-15-27-16-13-21)26(31)28-22-9-4-5-10-22/h1-3,6-8,11-13,15-16,18,22,25H,4-5,9-10,14,17,19H2,(H,28,31). The molecular weight excluding hydrogens is 418 g/mol. The van der Waals surface area contributed by atoms with Crippen molar-refractivity contribution in [1.82, 2.24) is 15.2 Å². The van der Waals surface area contributed by atoms with Gasteiger partial charge in [0.05, 0.1) is 6.42 Å². The zero-order valence-electron chi connectivity index (χ0n) is 18.2. The van der Waals surface area contributed by atoms with Crippen LogP contribution in [0.2, 0.25) is 0 Å². The van der Waals surface area contributed by atoms with Gasteiger partial charge in [0.25, 0.3) is 0 Å². The number of rotatable bonds is 9. The summed E-state index contributed by atoms with van der Waals surface area (Å²) in [4.78, 5) is 33.9. The highest BCUT2D eigenvalue weighted by molar-refractivity contribution is 7.10. The van der Waals surface area contributed by atoms with Gasteiger partial charge in [-0.15, -0.1) is 11.3 Å². The van der Waals surface area contributed by atoms with Crippen molar-refractivity contribution in [3.05, 3.63) is 88.4 Å². The minimum Gasteiger partial charge on any atom is -0.351 e. The van der Waals surface area contributed by atoms with Gasteiger partial charge >= 0.3 is 0 Å². The molecule has 1 N–H and O–H groups in total. The van der Waals surface area contributed by atoms with Crippen molar-refractivity contribution < 1.29 is 9.59 Å². The molecule has 4 rings (SSSR count). The van der Waals surface area contributed by atoms with Crippen LogP contribution in [0.15, 0.2) is 72.4 Å². The maximum atomic E-state index is 13.5. The highest BCUT2D eigenvalue weighted by atomic mass is 32.1. The quantitative estimate of drug-likeness (QED) is 0.523. The maximum Gasteiger partial charge on any atom is 0.247 e. The Hall–Kier alpha value is -2.99. The van der Waals surface area contributed by atoms with E-state index in [1.165, 1.54) is 0 Å².